The van der Waals surface area contributed by atoms with Crippen LogP contribution in [0.25, 0.3) is 0 Å². The van der Waals surface area contributed by atoms with Gasteiger partial charge in [-0.1, -0.05) is 6.07 Å². The second-order valence-electron chi connectivity index (χ2n) is 5.56. The van der Waals surface area contributed by atoms with Crippen LogP contribution in [0, 0.1) is 6.92 Å². The maximum atomic E-state index is 12.3. The van der Waals surface area contributed by atoms with Crippen molar-refractivity contribution in [1.29, 1.82) is 0 Å². The van der Waals surface area contributed by atoms with Crippen LogP contribution >= 0.6 is 0 Å². The lowest BCUT2D eigenvalue weighted by atomic mass is 10.1. The summed E-state index contributed by atoms with van der Waals surface area (Å²) in [5.74, 6) is -1.29. The van der Waals surface area contributed by atoms with Gasteiger partial charge in [-0.25, -0.2) is 14.8 Å². The summed E-state index contributed by atoms with van der Waals surface area (Å²) in [5, 5.41) is 26.0. The molecule has 0 bridgehead atoms. The van der Waals surface area contributed by atoms with Gasteiger partial charge in [0.1, 0.15) is 11.4 Å². The number of rotatable bonds is 4. The third-order valence-electron chi connectivity index (χ3n) is 3.48. The molecule has 0 amide bonds. The molecule has 0 spiro atoms. The van der Waals surface area contributed by atoms with Gasteiger partial charge in [0.15, 0.2) is 0 Å². The van der Waals surface area contributed by atoms with Gasteiger partial charge >= 0.3 is 18.3 Å². The van der Waals surface area contributed by atoms with Crippen molar-refractivity contribution < 1.29 is 46.5 Å². The number of carboxylic acids is 1. The summed E-state index contributed by atoms with van der Waals surface area (Å²) in [5.41, 5.74) is -2.08. The maximum Gasteiger partial charge on any atom is 0.433 e. The van der Waals surface area contributed by atoms with Crippen LogP contribution in [0.2, 0.25) is 0 Å². The molecule has 2 heterocycles. The number of carbonyl (C=O) groups is 1. The predicted molar refractivity (Wildman–Crippen MR) is 86.9 cm³/mol. The number of hydrogen-bond acceptors (Lipinski definition) is 5. The number of alkyl halides is 6. The van der Waals surface area contributed by atoms with Crippen molar-refractivity contribution in [3.8, 4) is 0 Å². The lowest BCUT2D eigenvalue weighted by molar-refractivity contribution is -0.142. The molecule has 2 aromatic rings. The molecule has 2 aromatic heterocycles. The van der Waals surface area contributed by atoms with Gasteiger partial charge in [-0.3, -0.25) is 0 Å². The Kier molecular flexibility index (Phi) is 8.09. The Morgan fingerprint density at radius 3 is 1.86 bits per heavy atom. The first-order chi connectivity index (χ1) is 13.3. The van der Waals surface area contributed by atoms with Crippen molar-refractivity contribution in [2.45, 2.75) is 32.3 Å². The standard InChI is InChI=1S/C9H10F3NO2.C8H6F3NO2/c10-9(11,12)8-2-1-6(5-15)7(13-8)3-4-14;1-4-5(7(13)14)2-3-6(12-4)8(9,10)11/h1-2,14-15H,3-5H2;2-3H,1H3,(H,13,14). The lowest BCUT2D eigenvalue weighted by Crippen LogP contribution is -2.12. The normalized spacial score (nSPS) is 11.6. The smallest absolute Gasteiger partial charge is 0.433 e. The molecule has 6 nitrogen and oxygen atoms in total. The molecule has 0 saturated heterocycles. The first kappa shape index (κ1) is 24.3. The van der Waals surface area contributed by atoms with E-state index in [0.717, 1.165) is 12.1 Å². The number of hydrogen-bond donors (Lipinski definition) is 3. The Morgan fingerprint density at radius 1 is 0.931 bits per heavy atom. The monoisotopic (exact) mass is 426 g/mol. The number of carboxylic acid groups (broad SMARTS) is 1. The van der Waals surface area contributed by atoms with Gasteiger partial charge in [-0.2, -0.15) is 26.3 Å². The molecule has 0 aliphatic carbocycles. The Morgan fingerprint density at radius 2 is 1.45 bits per heavy atom. The highest BCUT2D eigenvalue weighted by Crippen LogP contribution is 2.29. The van der Waals surface area contributed by atoms with E-state index in [1.54, 1.807) is 0 Å². The molecular weight excluding hydrogens is 410 g/mol. The summed E-state index contributed by atoms with van der Waals surface area (Å²) < 4.78 is 73.0. The van der Waals surface area contributed by atoms with Gasteiger partial charge in [0, 0.05) is 18.7 Å². The molecule has 3 N–H and O–H groups in total. The Bertz CT molecular complexity index is 853. The number of aromatic nitrogens is 2. The summed E-state index contributed by atoms with van der Waals surface area (Å²) in [6, 6.07) is 3.52. The van der Waals surface area contributed by atoms with Crippen LogP contribution in [0.3, 0.4) is 0 Å². The lowest BCUT2D eigenvalue weighted by Gasteiger charge is -2.10. The van der Waals surface area contributed by atoms with E-state index in [-0.39, 0.29) is 36.6 Å². The predicted octanol–water partition coefficient (Wildman–Crippen LogP) is 3.23. The summed E-state index contributed by atoms with van der Waals surface area (Å²) in [6.45, 7) is 0.528. The third-order valence-corrected chi connectivity index (χ3v) is 3.48. The number of nitrogens with zero attached hydrogens (tertiary/aromatic N) is 2. The fraction of sp³-hybridized carbons (Fsp3) is 0.353. The van der Waals surface area contributed by atoms with Crippen LogP contribution in [-0.2, 0) is 25.4 Å². The maximum absolute atomic E-state index is 12.3. The van der Waals surface area contributed by atoms with Crippen molar-refractivity contribution in [1.82, 2.24) is 9.97 Å². The SMILES string of the molecule is Cc1nc(C(F)(F)F)ccc1C(=O)O.OCCc1nc(C(F)(F)F)ccc1CO. The number of pyridine rings is 2. The van der Waals surface area contributed by atoms with Crippen molar-refractivity contribution in [2.75, 3.05) is 6.61 Å². The van der Waals surface area contributed by atoms with E-state index in [0.29, 0.717) is 11.6 Å². The van der Waals surface area contributed by atoms with Crippen molar-refractivity contribution in [2.24, 2.45) is 0 Å². The van der Waals surface area contributed by atoms with E-state index in [1.165, 1.54) is 13.0 Å². The van der Waals surface area contributed by atoms with E-state index in [2.05, 4.69) is 9.97 Å². The minimum Gasteiger partial charge on any atom is -0.478 e. The molecule has 0 unspecified atom stereocenters. The zero-order valence-corrected chi connectivity index (χ0v) is 14.8. The van der Waals surface area contributed by atoms with Crippen molar-refractivity contribution in [3.05, 3.63) is 58.2 Å². The largest absolute Gasteiger partial charge is 0.478 e. The highest BCUT2D eigenvalue weighted by Gasteiger charge is 2.33. The molecule has 29 heavy (non-hydrogen) atoms. The van der Waals surface area contributed by atoms with Gasteiger partial charge in [-0.05, 0) is 30.7 Å². The molecule has 0 aliphatic heterocycles. The molecule has 0 fully saturated rings. The third kappa shape index (κ3) is 6.98. The molecule has 0 aliphatic rings. The van der Waals surface area contributed by atoms with E-state index < -0.39 is 29.7 Å². The average Bonchev–Trinajstić information content (AvgIpc) is 2.60. The Labute approximate surface area is 160 Å². The summed E-state index contributed by atoms with van der Waals surface area (Å²) in [4.78, 5) is 17.0. The van der Waals surface area contributed by atoms with Gasteiger partial charge in [0.05, 0.1) is 17.9 Å². The average molecular weight is 426 g/mol. The molecule has 12 heteroatoms. The van der Waals surface area contributed by atoms with Crippen LogP contribution < -0.4 is 0 Å². The van der Waals surface area contributed by atoms with E-state index >= 15 is 0 Å². The molecule has 2 rings (SSSR count). The first-order valence-corrected chi connectivity index (χ1v) is 7.87. The van der Waals surface area contributed by atoms with E-state index in [4.69, 9.17) is 15.3 Å². The van der Waals surface area contributed by atoms with Gasteiger partial charge in [0.2, 0.25) is 0 Å². The van der Waals surface area contributed by atoms with Crippen molar-refractivity contribution in [3.63, 3.8) is 0 Å². The minimum atomic E-state index is -4.54. The topological polar surface area (TPSA) is 104 Å². The first-order valence-electron chi connectivity index (χ1n) is 7.87. The summed E-state index contributed by atoms with van der Waals surface area (Å²) in [6.07, 6.45) is -9.04. The number of aliphatic hydroxyl groups excluding tert-OH is 2. The zero-order valence-electron chi connectivity index (χ0n) is 14.8. The molecule has 0 aromatic carbocycles. The van der Waals surface area contributed by atoms with Gasteiger partial charge < -0.3 is 15.3 Å². The molecule has 0 radical (unpaired) electrons. The molecule has 0 atom stereocenters. The van der Waals surface area contributed by atoms with Crippen molar-refractivity contribution >= 4 is 5.97 Å². The second-order valence-corrected chi connectivity index (χ2v) is 5.56. The highest BCUT2D eigenvalue weighted by molar-refractivity contribution is 5.88. The van der Waals surface area contributed by atoms with E-state index in [9.17, 15) is 31.1 Å². The minimum absolute atomic E-state index is 0.000185. The number of aliphatic hydroxyl groups is 2. The zero-order chi connectivity index (χ0) is 22.4. The number of aryl methyl sites for hydroxylation is 1. The van der Waals surface area contributed by atoms with Crippen LogP contribution in [-0.4, -0.2) is 37.9 Å². The summed E-state index contributed by atoms with van der Waals surface area (Å²) in [7, 11) is 0. The van der Waals surface area contributed by atoms with E-state index in [1.807, 2.05) is 0 Å². The molecule has 160 valence electrons. The van der Waals surface area contributed by atoms with Gasteiger partial charge in [0.25, 0.3) is 0 Å². The highest BCUT2D eigenvalue weighted by atomic mass is 19.4. The van der Waals surface area contributed by atoms with Gasteiger partial charge in [-0.15, -0.1) is 0 Å². The molecule has 0 saturated carbocycles. The Hall–Kier alpha value is -2.73. The quantitative estimate of drug-likeness (QED) is 0.649. The summed E-state index contributed by atoms with van der Waals surface area (Å²) >= 11 is 0. The van der Waals surface area contributed by atoms with Crippen LogP contribution in [0.1, 0.15) is 38.7 Å². The molecular formula is C17H16F6N2O4. The van der Waals surface area contributed by atoms with Crippen LogP contribution in [0.4, 0.5) is 26.3 Å². The number of halogens is 6. The van der Waals surface area contributed by atoms with Crippen LogP contribution in [0.15, 0.2) is 24.3 Å². The Balaban J connectivity index is 0.000000291. The fourth-order valence-corrected chi connectivity index (χ4v) is 2.10. The second kappa shape index (κ2) is 9.65. The van der Waals surface area contributed by atoms with Crippen LogP contribution in [0.5, 0.6) is 0 Å². The fourth-order valence-electron chi connectivity index (χ4n) is 2.10. The number of aromatic carboxylic acids is 1.